The Hall–Kier alpha value is -0.520. The van der Waals surface area contributed by atoms with Crippen molar-refractivity contribution >= 4 is 0 Å². The highest BCUT2D eigenvalue weighted by Gasteiger charge is 2.08. The van der Waals surface area contributed by atoms with Crippen molar-refractivity contribution in [3.63, 3.8) is 0 Å². The van der Waals surface area contributed by atoms with Crippen molar-refractivity contribution in [1.29, 1.82) is 0 Å². The van der Waals surface area contributed by atoms with Gasteiger partial charge in [0.2, 0.25) is 0 Å². The van der Waals surface area contributed by atoms with Crippen LogP contribution >= 0.6 is 0 Å². The first-order chi connectivity index (χ1) is 9.33. The molecule has 0 N–H and O–H groups in total. The summed E-state index contributed by atoms with van der Waals surface area (Å²) in [6, 6.07) is 0. The van der Waals surface area contributed by atoms with E-state index >= 15 is 0 Å². The van der Waals surface area contributed by atoms with Gasteiger partial charge >= 0.3 is 0 Å². The summed E-state index contributed by atoms with van der Waals surface area (Å²) in [5.74, 6) is 1.85. The van der Waals surface area contributed by atoms with E-state index in [2.05, 4.69) is 38.2 Å². The minimum absolute atomic E-state index is 0.873. The highest BCUT2D eigenvalue weighted by Crippen LogP contribution is 2.23. The maximum absolute atomic E-state index is 2.42. The molecule has 0 spiro atoms. The molecule has 0 saturated carbocycles. The van der Waals surface area contributed by atoms with E-state index in [9.17, 15) is 0 Å². The third kappa shape index (κ3) is 9.08. The summed E-state index contributed by atoms with van der Waals surface area (Å²) >= 11 is 0. The lowest BCUT2D eigenvalue weighted by Gasteiger charge is -2.17. The standard InChI is InChI=1S/C19H34/c1-3-19-15-13-11-9-7-5-4-6-8-10-12-14-18(2)16-17-19/h5,7,10,12,18-19H,3-4,6,8-9,11,13-17H2,1-2H3. The number of hydrogen-bond acceptors (Lipinski definition) is 0. The lowest BCUT2D eigenvalue weighted by atomic mass is 9.89. The Balaban J connectivity index is 2.38. The Morgan fingerprint density at radius 1 is 0.789 bits per heavy atom. The lowest BCUT2D eigenvalue weighted by molar-refractivity contribution is 0.370. The fourth-order valence-electron chi connectivity index (χ4n) is 2.92. The molecule has 0 heterocycles. The molecule has 0 amide bonds. The monoisotopic (exact) mass is 262 g/mol. The highest BCUT2D eigenvalue weighted by molar-refractivity contribution is 4.86. The van der Waals surface area contributed by atoms with Gasteiger partial charge in [-0.3, -0.25) is 0 Å². The summed E-state index contributed by atoms with van der Waals surface area (Å²) in [7, 11) is 0. The Labute approximate surface area is 121 Å². The SMILES string of the molecule is CCC1CCCCC=CCCCC=CCC(C)CC1. The van der Waals surface area contributed by atoms with Gasteiger partial charge in [-0.2, -0.15) is 0 Å². The van der Waals surface area contributed by atoms with E-state index in [1.54, 1.807) is 0 Å². The van der Waals surface area contributed by atoms with Gasteiger partial charge in [-0.15, -0.1) is 0 Å². The molecule has 0 aromatic rings. The van der Waals surface area contributed by atoms with Crippen LogP contribution in [0.2, 0.25) is 0 Å². The van der Waals surface area contributed by atoms with Gasteiger partial charge in [0, 0.05) is 0 Å². The Morgan fingerprint density at radius 2 is 1.47 bits per heavy atom. The predicted octanol–water partition coefficient (Wildman–Crippen LogP) is 6.68. The summed E-state index contributed by atoms with van der Waals surface area (Å²) < 4.78 is 0. The van der Waals surface area contributed by atoms with Crippen molar-refractivity contribution < 1.29 is 0 Å². The van der Waals surface area contributed by atoms with Gasteiger partial charge in [-0.05, 0) is 50.4 Å². The molecule has 1 aliphatic rings. The Morgan fingerprint density at radius 3 is 2.21 bits per heavy atom. The van der Waals surface area contributed by atoms with Crippen LogP contribution < -0.4 is 0 Å². The number of allylic oxidation sites excluding steroid dienone is 4. The van der Waals surface area contributed by atoms with Crippen LogP contribution in [-0.4, -0.2) is 0 Å². The summed E-state index contributed by atoms with van der Waals surface area (Å²) in [6.45, 7) is 4.79. The summed E-state index contributed by atoms with van der Waals surface area (Å²) in [6.07, 6.45) is 24.5. The molecule has 2 atom stereocenters. The summed E-state index contributed by atoms with van der Waals surface area (Å²) in [5.41, 5.74) is 0. The molecule has 1 rings (SSSR count). The van der Waals surface area contributed by atoms with E-state index in [0.717, 1.165) is 11.8 Å². The second-order valence-corrected chi connectivity index (χ2v) is 6.35. The van der Waals surface area contributed by atoms with Gasteiger partial charge in [0.25, 0.3) is 0 Å². The maximum atomic E-state index is 2.42. The van der Waals surface area contributed by atoms with Crippen molar-refractivity contribution in [3.8, 4) is 0 Å². The van der Waals surface area contributed by atoms with Crippen LogP contribution in [0.1, 0.15) is 84.5 Å². The molecular weight excluding hydrogens is 228 g/mol. The maximum Gasteiger partial charge on any atom is -0.0325 e. The van der Waals surface area contributed by atoms with Crippen LogP contribution in [0.4, 0.5) is 0 Å². The molecule has 0 aromatic heterocycles. The van der Waals surface area contributed by atoms with Crippen molar-refractivity contribution in [2.24, 2.45) is 11.8 Å². The normalized spacial score (nSPS) is 28.3. The molecule has 0 aromatic carbocycles. The molecule has 0 saturated heterocycles. The second-order valence-electron chi connectivity index (χ2n) is 6.35. The van der Waals surface area contributed by atoms with Crippen LogP contribution in [0.25, 0.3) is 0 Å². The highest BCUT2D eigenvalue weighted by atomic mass is 14.1. The van der Waals surface area contributed by atoms with Gasteiger partial charge in [0.1, 0.15) is 0 Å². The molecule has 1 aliphatic carbocycles. The first-order valence-corrected chi connectivity index (χ1v) is 8.63. The molecule has 0 aliphatic heterocycles. The van der Waals surface area contributed by atoms with Gasteiger partial charge in [0.15, 0.2) is 0 Å². The van der Waals surface area contributed by atoms with Crippen molar-refractivity contribution in [2.75, 3.05) is 0 Å². The quantitative estimate of drug-likeness (QED) is 0.463. The smallest absolute Gasteiger partial charge is 0.0325 e. The second kappa shape index (κ2) is 11.3. The zero-order chi connectivity index (χ0) is 13.8. The van der Waals surface area contributed by atoms with E-state index in [-0.39, 0.29) is 0 Å². The Kier molecular flexibility index (Phi) is 9.85. The largest absolute Gasteiger partial charge is 0.0885 e. The van der Waals surface area contributed by atoms with E-state index in [4.69, 9.17) is 0 Å². The predicted molar refractivity (Wildman–Crippen MR) is 87.4 cm³/mol. The van der Waals surface area contributed by atoms with Gasteiger partial charge < -0.3 is 0 Å². The van der Waals surface area contributed by atoms with Crippen LogP contribution in [0.3, 0.4) is 0 Å². The summed E-state index contributed by atoms with van der Waals surface area (Å²) in [5, 5.41) is 0. The molecule has 0 fully saturated rings. The lowest BCUT2D eigenvalue weighted by Crippen LogP contribution is -2.03. The van der Waals surface area contributed by atoms with E-state index in [0.29, 0.717) is 0 Å². The minimum atomic E-state index is 0.873. The van der Waals surface area contributed by atoms with Gasteiger partial charge in [0.05, 0.1) is 0 Å². The van der Waals surface area contributed by atoms with Gasteiger partial charge in [-0.1, -0.05) is 70.3 Å². The fraction of sp³-hybridized carbons (Fsp3) is 0.789. The molecule has 0 nitrogen and oxygen atoms in total. The molecule has 0 heteroatoms. The molecule has 2 unspecified atom stereocenters. The van der Waals surface area contributed by atoms with Gasteiger partial charge in [-0.25, -0.2) is 0 Å². The van der Waals surface area contributed by atoms with Crippen LogP contribution in [0.15, 0.2) is 24.3 Å². The number of hydrogen-bond donors (Lipinski definition) is 0. The van der Waals surface area contributed by atoms with E-state index in [1.807, 2.05) is 0 Å². The molecular formula is C19H34. The average molecular weight is 262 g/mol. The molecule has 110 valence electrons. The van der Waals surface area contributed by atoms with Crippen molar-refractivity contribution in [3.05, 3.63) is 24.3 Å². The van der Waals surface area contributed by atoms with E-state index < -0.39 is 0 Å². The fourth-order valence-corrected chi connectivity index (χ4v) is 2.92. The van der Waals surface area contributed by atoms with Crippen molar-refractivity contribution in [1.82, 2.24) is 0 Å². The summed E-state index contributed by atoms with van der Waals surface area (Å²) in [4.78, 5) is 0. The van der Waals surface area contributed by atoms with Crippen LogP contribution in [0.5, 0.6) is 0 Å². The zero-order valence-electron chi connectivity index (χ0n) is 13.2. The third-order valence-electron chi connectivity index (χ3n) is 4.49. The van der Waals surface area contributed by atoms with Crippen LogP contribution in [-0.2, 0) is 0 Å². The first kappa shape index (κ1) is 16.5. The van der Waals surface area contributed by atoms with Crippen LogP contribution in [0, 0.1) is 11.8 Å². The molecule has 19 heavy (non-hydrogen) atoms. The topological polar surface area (TPSA) is 0 Å². The number of rotatable bonds is 1. The molecule has 0 bridgehead atoms. The minimum Gasteiger partial charge on any atom is -0.0885 e. The van der Waals surface area contributed by atoms with Crippen molar-refractivity contribution in [2.45, 2.75) is 84.5 Å². The Bertz CT molecular complexity index is 249. The first-order valence-electron chi connectivity index (χ1n) is 8.63. The van der Waals surface area contributed by atoms with E-state index in [1.165, 1.54) is 70.6 Å². The average Bonchev–Trinajstić information content (AvgIpc) is 2.42. The zero-order valence-corrected chi connectivity index (χ0v) is 13.2. The molecule has 0 radical (unpaired) electrons. The third-order valence-corrected chi connectivity index (χ3v) is 4.49.